The second kappa shape index (κ2) is 8.23. The van der Waals surface area contributed by atoms with E-state index in [0.29, 0.717) is 22.3 Å². The third-order valence-corrected chi connectivity index (χ3v) is 5.13. The fourth-order valence-corrected chi connectivity index (χ4v) is 3.47. The van der Waals surface area contributed by atoms with Gasteiger partial charge in [-0.05, 0) is 32.8 Å². The van der Waals surface area contributed by atoms with Gasteiger partial charge in [0.15, 0.2) is 11.6 Å². The summed E-state index contributed by atoms with van der Waals surface area (Å²) in [6, 6.07) is 10.1. The summed E-state index contributed by atoms with van der Waals surface area (Å²) in [6.07, 6.45) is 5.57. The Bertz CT molecular complexity index is 677. The number of ketones is 2. The van der Waals surface area contributed by atoms with E-state index in [1.807, 2.05) is 25.1 Å². The lowest BCUT2D eigenvalue weighted by Crippen LogP contribution is -2.24. The second-order valence-electron chi connectivity index (χ2n) is 6.76. The van der Waals surface area contributed by atoms with Crippen molar-refractivity contribution in [2.24, 2.45) is 0 Å². The van der Waals surface area contributed by atoms with Crippen LogP contribution in [-0.4, -0.2) is 11.6 Å². The van der Waals surface area contributed by atoms with Crippen LogP contribution >= 0.6 is 0 Å². The first-order chi connectivity index (χ1) is 11.5. The Kier molecular flexibility index (Phi) is 6.30. The van der Waals surface area contributed by atoms with Crippen molar-refractivity contribution in [2.75, 3.05) is 0 Å². The molecule has 0 spiro atoms. The van der Waals surface area contributed by atoms with Gasteiger partial charge >= 0.3 is 0 Å². The van der Waals surface area contributed by atoms with E-state index in [1.54, 1.807) is 13.8 Å². The van der Waals surface area contributed by atoms with Gasteiger partial charge in [-0.2, -0.15) is 0 Å². The van der Waals surface area contributed by atoms with Gasteiger partial charge in [0.1, 0.15) is 0 Å². The molecule has 2 rings (SSSR count). The third kappa shape index (κ3) is 3.75. The SMILES string of the molecule is CCCCCCC(C1=C(C)C(=O)C(C)=C(C)C1=O)c1ccccc1. The van der Waals surface area contributed by atoms with E-state index in [1.165, 1.54) is 19.3 Å². The van der Waals surface area contributed by atoms with Crippen molar-refractivity contribution >= 4 is 11.6 Å². The molecule has 0 N–H and O–H groups in total. The lowest BCUT2D eigenvalue weighted by molar-refractivity contribution is -0.116. The number of benzene rings is 1. The second-order valence-corrected chi connectivity index (χ2v) is 6.76. The van der Waals surface area contributed by atoms with E-state index < -0.39 is 0 Å². The van der Waals surface area contributed by atoms with Crippen LogP contribution in [0, 0.1) is 0 Å². The van der Waals surface area contributed by atoms with E-state index in [0.717, 1.165) is 18.4 Å². The minimum absolute atomic E-state index is 0.0163. The molecule has 0 amide bonds. The van der Waals surface area contributed by atoms with Crippen LogP contribution in [0.5, 0.6) is 0 Å². The largest absolute Gasteiger partial charge is 0.289 e. The lowest BCUT2D eigenvalue weighted by Gasteiger charge is -2.26. The average Bonchev–Trinajstić information content (AvgIpc) is 2.61. The van der Waals surface area contributed by atoms with Gasteiger partial charge in [0, 0.05) is 28.2 Å². The van der Waals surface area contributed by atoms with E-state index in [2.05, 4.69) is 19.1 Å². The summed E-state index contributed by atoms with van der Waals surface area (Å²) in [4.78, 5) is 25.5. The van der Waals surface area contributed by atoms with Gasteiger partial charge in [-0.3, -0.25) is 9.59 Å². The van der Waals surface area contributed by atoms with Gasteiger partial charge in [0.25, 0.3) is 0 Å². The van der Waals surface area contributed by atoms with Crippen molar-refractivity contribution in [3.8, 4) is 0 Å². The number of hydrogen-bond donors (Lipinski definition) is 0. The lowest BCUT2D eigenvalue weighted by atomic mass is 9.76. The van der Waals surface area contributed by atoms with Crippen LogP contribution in [-0.2, 0) is 9.59 Å². The molecule has 0 saturated carbocycles. The van der Waals surface area contributed by atoms with E-state index >= 15 is 0 Å². The fourth-order valence-electron chi connectivity index (χ4n) is 3.47. The summed E-state index contributed by atoms with van der Waals surface area (Å²) in [7, 11) is 0. The summed E-state index contributed by atoms with van der Waals surface area (Å²) < 4.78 is 0. The Balaban J connectivity index is 2.39. The molecule has 1 unspecified atom stereocenters. The highest BCUT2D eigenvalue weighted by Gasteiger charge is 2.32. The zero-order chi connectivity index (χ0) is 17.7. The molecule has 128 valence electrons. The van der Waals surface area contributed by atoms with Crippen LogP contribution in [0.15, 0.2) is 52.6 Å². The molecule has 2 nitrogen and oxygen atoms in total. The summed E-state index contributed by atoms with van der Waals surface area (Å²) in [5.41, 5.74) is 3.68. The van der Waals surface area contributed by atoms with Crippen LogP contribution < -0.4 is 0 Å². The molecule has 1 aromatic carbocycles. The highest BCUT2D eigenvalue weighted by Crippen LogP contribution is 2.37. The van der Waals surface area contributed by atoms with E-state index in [9.17, 15) is 9.59 Å². The predicted molar refractivity (Wildman–Crippen MR) is 99.0 cm³/mol. The maximum atomic E-state index is 12.9. The summed E-state index contributed by atoms with van der Waals surface area (Å²) >= 11 is 0. The van der Waals surface area contributed by atoms with Gasteiger partial charge in [0.05, 0.1) is 0 Å². The fraction of sp³-hybridized carbons (Fsp3) is 0.455. The number of rotatable bonds is 7. The number of carbonyl (C=O) groups is 2. The Morgan fingerprint density at radius 2 is 1.42 bits per heavy atom. The molecule has 24 heavy (non-hydrogen) atoms. The van der Waals surface area contributed by atoms with Gasteiger partial charge in [-0.1, -0.05) is 62.9 Å². The van der Waals surface area contributed by atoms with Crippen molar-refractivity contribution in [3.63, 3.8) is 0 Å². The molecule has 1 atom stereocenters. The zero-order valence-electron chi connectivity index (χ0n) is 15.3. The predicted octanol–water partition coefficient (Wildman–Crippen LogP) is 5.55. The van der Waals surface area contributed by atoms with Gasteiger partial charge in [0.2, 0.25) is 0 Å². The molecule has 0 bridgehead atoms. The minimum atomic E-state index is 0.0163. The van der Waals surface area contributed by atoms with Gasteiger partial charge in [-0.15, -0.1) is 0 Å². The molecular weight excluding hydrogens is 296 g/mol. The van der Waals surface area contributed by atoms with Crippen molar-refractivity contribution in [1.29, 1.82) is 0 Å². The summed E-state index contributed by atoms with van der Waals surface area (Å²) in [5.74, 6) is 0.0908. The smallest absolute Gasteiger partial charge is 0.186 e. The van der Waals surface area contributed by atoms with Gasteiger partial charge in [-0.25, -0.2) is 0 Å². The Morgan fingerprint density at radius 3 is 2.04 bits per heavy atom. The minimum Gasteiger partial charge on any atom is -0.289 e. The first kappa shape index (κ1) is 18.4. The normalized spacial score (nSPS) is 16.8. The van der Waals surface area contributed by atoms with Crippen LogP contribution in [0.1, 0.15) is 71.3 Å². The Hall–Kier alpha value is -1.96. The number of allylic oxidation sites excluding steroid dienone is 4. The molecule has 1 aliphatic rings. The molecule has 0 fully saturated rings. The molecule has 0 saturated heterocycles. The number of carbonyl (C=O) groups excluding carboxylic acids is 2. The van der Waals surface area contributed by atoms with Crippen molar-refractivity contribution < 1.29 is 9.59 Å². The van der Waals surface area contributed by atoms with E-state index in [-0.39, 0.29) is 17.5 Å². The quantitative estimate of drug-likeness (QED) is 0.487. The number of unbranched alkanes of at least 4 members (excludes halogenated alkanes) is 3. The Labute approximate surface area is 145 Å². The standard InChI is InChI=1S/C22H28O2/c1-5-6-7-11-14-19(18-12-9-8-10-13-18)20-17(4)21(23)15(2)16(3)22(20)24/h8-10,12-13,19H,5-7,11,14H2,1-4H3. The van der Waals surface area contributed by atoms with Crippen LogP contribution in [0.2, 0.25) is 0 Å². The third-order valence-electron chi connectivity index (χ3n) is 5.13. The van der Waals surface area contributed by atoms with Gasteiger partial charge < -0.3 is 0 Å². The first-order valence-electron chi connectivity index (χ1n) is 9.01. The molecule has 1 aliphatic carbocycles. The van der Waals surface area contributed by atoms with Crippen LogP contribution in [0.25, 0.3) is 0 Å². The Morgan fingerprint density at radius 1 is 0.792 bits per heavy atom. The van der Waals surface area contributed by atoms with Crippen molar-refractivity contribution in [3.05, 3.63) is 58.2 Å². The maximum absolute atomic E-state index is 12.9. The van der Waals surface area contributed by atoms with Crippen molar-refractivity contribution in [2.45, 2.75) is 65.7 Å². The molecule has 0 radical (unpaired) electrons. The molecule has 1 aromatic rings. The first-order valence-corrected chi connectivity index (χ1v) is 9.01. The monoisotopic (exact) mass is 324 g/mol. The maximum Gasteiger partial charge on any atom is 0.186 e. The highest BCUT2D eigenvalue weighted by molar-refractivity contribution is 6.25. The topological polar surface area (TPSA) is 34.1 Å². The molecule has 0 aliphatic heterocycles. The van der Waals surface area contributed by atoms with Crippen LogP contribution in [0.4, 0.5) is 0 Å². The summed E-state index contributed by atoms with van der Waals surface area (Å²) in [5, 5.41) is 0. The molecule has 2 heteroatoms. The molecule has 0 aromatic heterocycles. The average molecular weight is 324 g/mol. The number of hydrogen-bond acceptors (Lipinski definition) is 2. The van der Waals surface area contributed by atoms with Crippen molar-refractivity contribution in [1.82, 2.24) is 0 Å². The highest BCUT2D eigenvalue weighted by atomic mass is 16.1. The molecule has 0 heterocycles. The zero-order valence-corrected chi connectivity index (χ0v) is 15.3. The molecular formula is C22H28O2. The van der Waals surface area contributed by atoms with E-state index in [4.69, 9.17) is 0 Å². The summed E-state index contributed by atoms with van der Waals surface area (Å²) in [6.45, 7) is 7.55. The number of Topliss-reactive ketones (excluding diaryl/α,β-unsaturated/α-hetero) is 2. The van der Waals surface area contributed by atoms with Crippen LogP contribution in [0.3, 0.4) is 0 Å².